The van der Waals surface area contributed by atoms with Gasteiger partial charge in [-0.05, 0) is 75.9 Å². The Bertz CT molecular complexity index is 912. The maximum atomic E-state index is 11.4. The van der Waals surface area contributed by atoms with Gasteiger partial charge in [-0.1, -0.05) is 36.4 Å². The molecule has 2 rings (SSSR count). The SMILES string of the molecule is CC(C)OC(=O)/C=C/CCOc1ccc(CNCc2ccc(OCC/C=C/C(=O)OC(C)C)cc2)cc1. The maximum Gasteiger partial charge on any atom is 0.330 e. The van der Waals surface area contributed by atoms with Gasteiger partial charge in [0.2, 0.25) is 0 Å². The minimum Gasteiger partial charge on any atom is -0.493 e. The van der Waals surface area contributed by atoms with E-state index in [1.165, 1.54) is 12.2 Å². The largest absolute Gasteiger partial charge is 0.493 e. The van der Waals surface area contributed by atoms with Crippen LogP contribution in [0.3, 0.4) is 0 Å². The lowest BCUT2D eigenvalue weighted by atomic mass is 10.2. The second-order valence-electron chi connectivity index (χ2n) is 8.94. The predicted molar refractivity (Wildman–Crippen MR) is 144 cm³/mol. The zero-order valence-corrected chi connectivity index (χ0v) is 22.3. The van der Waals surface area contributed by atoms with Crippen molar-refractivity contribution in [3.63, 3.8) is 0 Å². The van der Waals surface area contributed by atoms with Gasteiger partial charge < -0.3 is 24.3 Å². The van der Waals surface area contributed by atoms with Crippen molar-refractivity contribution >= 4 is 11.9 Å². The van der Waals surface area contributed by atoms with Gasteiger partial charge in [0.05, 0.1) is 25.4 Å². The fraction of sp³-hybridized carbons (Fsp3) is 0.400. The third kappa shape index (κ3) is 13.9. The van der Waals surface area contributed by atoms with Gasteiger partial charge in [0.25, 0.3) is 0 Å². The van der Waals surface area contributed by atoms with Gasteiger partial charge in [0, 0.05) is 25.2 Å². The molecule has 0 aliphatic rings. The first-order valence-corrected chi connectivity index (χ1v) is 12.7. The number of rotatable bonds is 16. The van der Waals surface area contributed by atoms with E-state index in [2.05, 4.69) is 5.32 Å². The van der Waals surface area contributed by atoms with Crippen LogP contribution in [0.25, 0.3) is 0 Å². The number of hydrogen-bond donors (Lipinski definition) is 1. The van der Waals surface area contributed by atoms with Crippen LogP contribution < -0.4 is 14.8 Å². The number of esters is 2. The lowest BCUT2D eigenvalue weighted by Gasteiger charge is -2.09. The van der Waals surface area contributed by atoms with Gasteiger partial charge in [-0.25, -0.2) is 9.59 Å². The van der Waals surface area contributed by atoms with Crippen LogP contribution in [0.4, 0.5) is 0 Å². The standard InChI is InChI=1S/C30H39NO6/c1-23(2)36-29(32)9-5-7-19-34-27-15-11-25(12-16-27)21-31-22-26-13-17-28(18-14-26)35-20-8-6-10-30(33)37-24(3)4/h5-6,9-18,23-24,31H,7-8,19-22H2,1-4H3/b9-5+,10-6+. The molecule has 200 valence electrons. The van der Waals surface area contributed by atoms with Gasteiger partial charge in [0.1, 0.15) is 11.5 Å². The molecule has 7 heteroatoms. The molecule has 0 saturated carbocycles. The van der Waals surface area contributed by atoms with Crippen LogP contribution in [-0.2, 0) is 32.2 Å². The predicted octanol–water partition coefficient (Wildman–Crippen LogP) is 5.53. The van der Waals surface area contributed by atoms with Gasteiger partial charge >= 0.3 is 11.9 Å². The van der Waals surface area contributed by atoms with Crippen molar-refractivity contribution in [3.05, 3.63) is 84.0 Å². The van der Waals surface area contributed by atoms with Crippen molar-refractivity contribution in [2.45, 2.75) is 65.8 Å². The van der Waals surface area contributed by atoms with Crippen molar-refractivity contribution in [2.75, 3.05) is 13.2 Å². The van der Waals surface area contributed by atoms with E-state index in [1.807, 2.05) is 76.2 Å². The average Bonchev–Trinajstić information content (AvgIpc) is 2.84. The van der Waals surface area contributed by atoms with Crippen LogP contribution in [-0.4, -0.2) is 37.4 Å². The molecule has 0 aliphatic heterocycles. The number of hydrogen-bond acceptors (Lipinski definition) is 7. The molecular formula is C30H39NO6. The first-order valence-electron chi connectivity index (χ1n) is 12.7. The highest BCUT2D eigenvalue weighted by Gasteiger charge is 2.01. The van der Waals surface area contributed by atoms with Gasteiger partial charge in [-0.3, -0.25) is 0 Å². The van der Waals surface area contributed by atoms with Crippen molar-refractivity contribution in [3.8, 4) is 11.5 Å². The lowest BCUT2D eigenvalue weighted by molar-refractivity contribution is -0.142. The summed E-state index contributed by atoms with van der Waals surface area (Å²) in [6.07, 6.45) is 7.42. The molecule has 0 atom stereocenters. The van der Waals surface area contributed by atoms with Crippen LogP contribution in [0, 0.1) is 0 Å². The molecule has 7 nitrogen and oxygen atoms in total. The lowest BCUT2D eigenvalue weighted by Crippen LogP contribution is -2.12. The van der Waals surface area contributed by atoms with E-state index in [4.69, 9.17) is 18.9 Å². The first-order chi connectivity index (χ1) is 17.8. The number of benzene rings is 2. The van der Waals surface area contributed by atoms with E-state index in [1.54, 1.807) is 12.2 Å². The van der Waals surface area contributed by atoms with E-state index < -0.39 is 0 Å². The van der Waals surface area contributed by atoms with E-state index in [0.29, 0.717) is 26.1 Å². The normalized spacial score (nSPS) is 11.4. The third-order valence-corrected chi connectivity index (χ3v) is 4.82. The summed E-state index contributed by atoms with van der Waals surface area (Å²) in [6.45, 7) is 9.75. The Morgan fingerprint density at radius 2 is 1.05 bits per heavy atom. The average molecular weight is 510 g/mol. The molecule has 0 saturated heterocycles. The summed E-state index contributed by atoms with van der Waals surface area (Å²) in [5.41, 5.74) is 2.32. The monoisotopic (exact) mass is 509 g/mol. The van der Waals surface area contributed by atoms with Gasteiger partial charge in [-0.15, -0.1) is 0 Å². The van der Waals surface area contributed by atoms with Crippen LogP contribution in [0.2, 0.25) is 0 Å². The highest BCUT2D eigenvalue weighted by molar-refractivity contribution is 5.82. The number of nitrogens with one attached hydrogen (secondary N) is 1. The Labute approximate surface area is 220 Å². The molecular weight excluding hydrogens is 470 g/mol. The summed E-state index contributed by atoms with van der Waals surface area (Å²) >= 11 is 0. The molecule has 0 heterocycles. The van der Waals surface area contributed by atoms with Crippen molar-refractivity contribution < 1.29 is 28.5 Å². The summed E-state index contributed by atoms with van der Waals surface area (Å²) in [5, 5.41) is 3.44. The zero-order valence-electron chi connectivity index (χ0n) is 22.3. The molecule has 0 unspecified atom stereocenters. The van der Waals surface area contributed by atoms with E-state index >= 15 is 0 Å². The highest BCUT2D eigenvalue weighted by atomic mass is 16.5. The molecule has 0 aromatic heterocycles. The molecule has 0 radical (unpaired) electrons. The van der Waals surface area contributed by atoms with Crippen molar-refractivity contribution in [1.82, 2.24) is 5.32 Å². The third-order valence-electron chi connectivity index (χ3n) is 4.82. The summed E-state index contributed by atoms with van der Waals surface area (Å²) < 4.78 is 21.5. The molecule has 0 fully saturated rings. The molecule has 2 aromatic carbocycles. The van der Waals surface area contributed by atoms with Crippen LogP contribution in [0.1, 0.15) is 51.7 Å². The fourth-order valence-corrected chi connectivity index (χ4v) is 3.15. The van der Waals surface area contributed by atoms with Crippen LogP contribution >= 0.6 is 0 Å². The molecule has 37 heavy (non-hydrogen) atoms. The van der Waals surface area contributed by atoms with Crippen LogP contribution in [0.5, 0.6) is 11.5 Å². The Hall–Kier alpha value is -3.58. The Morgan fingerprint density at radius 3 is 1.41 bits per heavy atom. The van der Waals surface area contributed by atoms with Crippen molar-refractivity contribution in [1.29, 1.82) is 0 Å². The summed E-state index contributed by atoms with van der Waals surface area (Å²) in [7, 11) is 0. The Morgan fingerprint density at radius 1 is 0.676 bits per heavy atom. The fourth-order valence-electron chi connectivity index (χ4n) is 3.15. The summed E-state index contributed by atoms with van der Waals surface area (Å²) in [6, 6.07) is 15.9. The maximum absolute atomic E-state index is 11.4. The molecule has 0 spiro atoms. The smallest absolute Gasteiger partial charge is 0.330 e. The minimum atomic E-state index is -0.331. The van der Waals surface area contributed by atoms with E-state index in [0.717, 1.165) is 35.7 Å². The number of carbonyl (C=O) groups is 2. The van der Waals surface area contributed by atoms with Crippen molar-refractivity contribution in [2.24, 2.45) is 0 Å². The Kier molecular flexibility index (Phi) is 13.6. The van der Waals surface area contributed by atoms with Gasteiger partial charge in [0.15, 0.2) is 0 Å². The van der Waals surface area contributed by atoms with E-state index in [-0.39, 0.29) is 24.1 Å². The summed E-state index contributed by atoms with van der Waals surface area (Å²) in [4.78, 5) is 22.9. The van der Waals surface area contributed by atoms with Crippen LogP contribution in [0.15, 0.2) is 72.8 Å². The molecule has 0 amide bonds. The molecule has 0 aliphatic carbocycles. The number of ether oxygens (including phenoxy) is 4. The second-order valence-corrected chi connectivity index (χ2v) is 8.94. The zero-order chi connectivity index (χ0) is 26.9. The quantitative estimate of drug-likeness (QED) is 0.181. The number of carbonyl (C=O) groups excluding carboxylic acids is 2. The first kappa shape index (κ1) is 29.6. The molecule has 0 bridgehead atoms. The molecule has 2 aromatic rings. The Balaban J connectivity index is 1.61. The second kappa shape index (κ2) is 17.0. The topological polar surface area (TPSA) is 83.1 Å². The molecule has 1 N–H and O–H groups in total. The van der Waals surface area contributed by atoms with E-state index in [9.17, 15) is 9.59 Å². The van der Waals surface area contributed by atoms with Gasteiger partial charge in [-0.2, -0.15) is 0 Å². The highest BCUT2D eigenvalue weighted by Crippen LogP contribution is 2.14. The summed E-state index contributed by atoms with van der Waals surface area (Å²) in [5.74, 6) is 0.929. The minimum absolute atomic E-state index is 0.115.